The quantitative estimate of drug-likeness (QED) is 0.826. The fourth-order valence-corrected chi connectivity index (χ4v) is 3.37. The van der Waals surface area contributed by atoms with Crippen LogP contribution < -0.4 is 15.0 Å². The summed E-state index contributed by atoms with van der Waals surface area (Å²) in [6.45, 7) is 9.81. The molecular formula is C22H28N2O3. The Balaban J connectivity index is 2.14. The molecule has 0 radical (unpaired) electrons. The molecule has 0 spiro atoms. The van der Waals surface area contributed by atoms with E-state index >= 15 is 0 Å². The lowest BCUT2D eigenvalue weighted by atomic mass is 10.0. The first kappa shape index (κ1) is 20.5. The van der Waals surface area contributed by atoms with Gasteiger partial charge in [-0.2, -0.15) is 0 Å². The Morgan fingerprint density at radius 3 is 2.19 bits per heavy atom. The van der Waals surface area contributed by atoms with Gasteiger partial charge in [-0.05, 0) is 56.5 Å². The van der Waals surface area contributed by atoms with Gasteiger partial charge in [-0.1, -0.05) is 23.8 Å². The second-order valence-corrected chi connectivity index (χ2v) is 6.92. The van der Waals surface area contributed by atoms with Crippen LogP contribution in [0.5, 0.6) is 5.75 Å². The number of amides is 2. The van der Waals surface area contributed by atoms with Crippen molar-refractivity contribution in [3.8, 4) is 5.75 Å². The van der Waals surface area contributed by atoms with Crippen LogP contribution in [0.2, 0.25) is 0 Å². The van der Waals surface area contributed by atoms with Crippen LogP contribution in [0, 0.1) is 27.7 Å². The molecule has 0 unspecified atom stereocenters. The summed E-state index contributed by atoms with van der Waals surface area (Å²) in [4.78, 5) is 26.4. The van der Waals surface area contributed by atoms with Crippen molar-refractivity contribution in [2.24, 2.45) is 0 Å². The Morgan fingerprint density at radius 2 is 1.63 bits per heavy atom. The lowest BCUT2D eigenvalue weighted by Gasteiger charge is -2.25. The van der Waals surface area contributed by atoms with Gasteiger partial charge in [0.15, 0.2) is 0 Å². The number of benzene rings is 2. The van der Waals surface area contributed by atoms with Crippen LogP contribution in [-0.2, 0) is 9.59 Å². The lowest BCUT2D eigenvalue weighted by molar-refractivity contribution is -0.117. The molecule has 2 aromatic rings. The van der Waals surface area contributed by atoms with Crippen molar-refractivity contribution in [2.45, 2.75) is 41.0 Å². The summed E-state index contributed by atoms with van der Waals surface area (Å²) in [7, 11) is 1.57. The minimum Gasteiger partial charge on any atom is -0.495 e. The minimum atomic E-state index is -0.160. The van der Waals surface area contributed by atoms with Crippen LogP contribution in [0.1, 0.15) is 35.6 Å². The van der Waals surface area contributed by atoms with Gasteiger partial charge in [0.2, 0.25) is 11.8 Å². The van der Waals surface area contributed by atoms with E-state index in [0.717, 1.165) is 27.9 Å². The van der Waals surface area contributed by atoms with Gasteiger partial charge in [0, 0.05) is 25.6 Å². The molecule has 0 saturated heterocycles. The Morgan fingerprint density at radius 1 is 1.00 bits per heavy atom. The van der Waals surface area contributed by atoms with E-state index in [1.54, 1.807) is 12.0 Å². The molecule has 144 valence electrons. The molecule has 0 heterocycles. The first-order chi connectivity index (χ1) is 12.7. The third kappa shape index (κ3) is 5.09. The van der Waals surface area contributed by atoms with Gasteiger partial charge in [-0.15, -0.1) is 0 Å². The fraction of sp³-hybridized carbons (Fsp3) is 0.364. The summed E-state index contributed by atoms with van der Waals surface area (Å²) in [6.07, 6.45) is 0.198. The van der Waals surface area contributed by atoms with E-state index in [2.05, 4.69) is 17.4 Å². The molecule has 0 atom stereocenters. The smallest absolute Gasteiger partial charge is 0.226 e. The number of carbonyl (C=O) groups is 2. The highest BCUT2D eigenvalue weighted by Crippen LogP contribution is 2.28. The number of methoxy groups -OCH3 is 1. The van der Waals surface area contributed by atoms with Gasteiger partial charge in [0.05, 0.1) is 12.8 Å². The Kier molecular flexibility index (Phi) is 6.61. The van der Waals surface area contributed by atoms with Gasteiger partial charge in [-0.3, -0.25) is 9.59 Å². The molecule has 0 saturated carbocycles. The Hall–Kier alpha value is -2.82. The number of rotatable bonds is 6. The molecule has 1 N–H and O–H groups in total. The first-order valence-corrected chi connectivity index (χ1v) is 9.03. The molecule has 5 nitrogen and oxygen atoms in total. The second-order valence-electron chi connectivity index (χ2n) is 6.92. The Bertz CT molecular complexity index is 836. The summed E-state index contributed by atoms with van der Waals surface area (Å²) < 4.78 is 5.30. The van der Waals surface area contributed by atoms with Crippen molar-refractivity contribution < 1.29 is 14.3 Å². The first-order valence-electron chi connectivity index (χ1n) is 9.03. The van der Waals surface area contributed by atoms with Crippen molar-refractivity contribution >= 4 is 23.2 Å². The molecule has 0 aliphatic heterocycles. The van der Waals surface area contributed by atoms with Crippen LogP contribution in [0.3, 0.4) is 0 Å². The van der Waals surface area contributed by atoms with E-state index in [9.17, 15) is 9.59 Å². The van der Waals surface area contributed by atoms with E-state index in [1.807, 2.05) is 45.9 Å². The van der Waals surface area contributed by atoms with Crippen molar-refractivity contribution in [1.82, 2.24) is 0 Å². The number of ether oxygens (including phenoxy) is 1. The maximum absolute atomic E-state index is 12.5. The molecule has 5 heteroatoms. The zero-order valence-corrected chi connectivity index (χ0v) is 17.0. The summed E-state index contributed by atoms with van der Waals surface area (Å²) in [5, 5.41) is 2.88. The third-order valence-corrected chi connectivity index (χ3v) is 4.48. The van der Waals surface area contributed by atoms with E-state index in [-0.39, 0.29) is 18.2 Å². The van der Waals surface area contributed by atoms with Crippen molar-refractivity contribution in [1.29, 1.82) is 0 Å². The summed E-state index contributed by atoms with van der Waals surface area (Å²) >= 11 is 0. The zero-order valence-electron chi connectivity index (χ0n) is 17.0. The monoisotopic (exact) mass is 368 g/mol. The van der Waals surface area contributed by atoms with Gasteiger partial charge < -0.3 is 15.0 Å². The molecule has 0 aromatic heterocycles. The number of aryl methyl sites for hydroxylation is 4. The van der Waals surface area contributed by atoms with Crippen LogP contribution >= 0.6 is 0 Å². The predicted octanol–water partition coefficient (Wildman–Crippen LogP) is 4.31. The topological polar surface area (TPSA) is 58.6 Å². The maximum Gasteiger partial charge on any atom is 0.226 e. The fourth-order valence-electron chi connectivity index (χ4n) is 3.37. The predicted molar refractivity (Wildman–Crippen MR) is 110 cm³/mol. The minimum absolute atomic E-state index is 0.0778. The number of nitrogens with zero attached hydrogens (tertiary/aromatic N) is 1. The molecule has 2 amide bonds. The molecule has 0 bridgehead atoms. The largest absolute Gasteiger partial charge is 0.495 e. The third-order valence-electron chi connectivity index (χ3n) is 4.48. The van der Waals surface area contributed by atoms with Gasteiger partial charge in [-0.25, -0.2) is 0 Å². The molecule has 0 aliphatic carbocycles. The summed E-state index contributed by atoms with van der Waals surface area (Å²) in [6, 6.07) is 9.72. The highest BCUT2D eigenvalue weighted by molar-refractivity contribution is 5.96. The van der Waals surface area contributed by atoms with Gasteiger partial charge in [0.1, 0.15) is 5.75 Å². The number of anilines is 2. The Labute approximate surface area is 161 Å². The van der Waals surface area contributed by atoms with E-state index in [1.165, 1.54) is 6.92 Å². The second kappa shape index (κ2) is 8.71. The molecule has 2 rings (SSSR count). The molecule has 0 fully saturated rings. The van der Waals surface area contributed by atoms with Gasteiger partial charge in [0.25, 0.3) is 0 Å². The van der Waals surface area contributed by atoms with Crippen LogP contribution in [0.25, 0.3) is 0 Å². The van der Waals surface area contributed by atoms with E-state index < -0.39 is 0 Å². The highest BCUT2D eigenvalue weighted by atomic mass is 16.5. The molecule has 2 aromatic carbocycles. The summed E-state index contributed by atoms with van der Waals surface area (Å²) in [5.74, 6) is 0.376. The SMILES string of the molecule is COc1ccc(C)cc1NC(=O)CCN(C(C)=O)c1c(C)cc(C)cc1C. The van der Waals surface area contributed by atoms with Gasteiger partial charge >= 0.3 is 0 Å². The van der Waals surface area contributed by atoms with E-state index in [4.69, 9.17) is 4.74 Å². The van der Waals surface area contributed by atoms with Crippen LogP contribution in [0.4, 0.5) is 11.4 Å². The van der Waals surface area contributed by atoms with Crippen molar-refractivity contribution in [3.05, 3.63) is 52.6 Å². The standard InChI is InChI=1S/C22H28N2O3/c1-14-7-8-20(27-6)19(13-14)23-21(26)9-10-24(18(5)25)22-16(3)11-15(2)12-17(22)4/h7-8,11-13H,9-10H2,1-6H3,(H,23,26). The number of hydrogen-bond donors (Lipinski definition) is 1. The number of nitrogens with one attached hydrogen (secondary N) is 1. The summed E-state index contributed by atoms with van der Waals surface area (Å²) in [5.41, 5.74) is 5.77. The molecule has 27 heavy (non-hydrogen) atoms. The van der Waals surface area contributed by atoms with Crippen LogP contribution in [0.15, 0.2) is 30.3 Å². The average molecular weight is 368 g/mol. The average Bonchev–Trinajstić information content (AvgIpc) is 2.56. The lowest BCUT2D eigenvalue weighted by Crippen LogP contribution is -2.33. The van der Waals surface area contributed by atoms with Crippen molar-refractivity contribution in [2.75, 3.05) is 23.9 Å². The molecule has 0 aliphatic rings. The normalized spacial score (nSPS) is 10.4. The zero-order chi connectivity index (χ0) is 20.1. The number of carbonyl (C=O) groups excluding carboxylic acids is 2. The van der Waals surface area contributed by atoms with Crippen molar-refractivity contribution in [3.63, 3.8) is 0 Å². The maximum atomic E-state index is 12.5. The molecular weight excluding hydrogens is 340 g/mol. The van der Waals surface area contributed by atoms with Crippen LogP contribution in [-0.4, -0.2) is 25.5 Å². The highest BCUT2D eigenvalue weighted by Gasteiger charge is 2.18. The van der Waals surface area contributed by atoms with E-state index in [0.29, 0.717) is 18.0 Å². The number of hydrogen-bond acceptors (Lipinski definition) is 3.